The molecule has 4 aromatic rings. The summed E-state index contributed by atoms with van der Waals surface area (Å²) in [7, 11) is 0. The van der Waals surface area contributed by atoms with E-state index in [0.29, 0.717) is 0 Å². The second kappa shape index (κ2) is 9.62. The summed E-state index contributed by atoms with van der Waals surface area (Å²) in [6.07, 6.45) is 1.00. The van der Waals surface area contributed by atoms with E-state index in [9.17, 15) is 0 Å². The fraction of sp³-hybridized carbons (Fsp3) is 0.143. The maximum atomic E-state index is 3.58. The van der Waals surface area contributed by atoms with E-state index < -0.39 is 0 Å². The molecule has 4 rings (SSSR count). The molecule has 0 N–H and O–H groups in total. The normalized spacial score (nSPS) is 10.4. The molecule has 0 unspecified atom stereocenters. The van der Waals surface area contributed by atoms with Crippen molar-refractivity contribution in [3.63, 3.8) is 0 Å². The van der Waals surface area contributed by atoms with E-state index in [1.807, 2.05) is 18.2 Å². The molecular weight excluding hydrogens is 574 g/mol. The Morgan fingerprint density at radius 2 is 1.48 bits per heavy atom. The number of rotatable bonds is 4. The van der Waals surface area contributed by atoms with Crippen LogP contribution in [0, 0.1) is 57.1 Å². The van der Waals surface area contributed by atoms with Crippen molar-refractivity contribution in [2.45, 2.75) is 27.2 Å². The summed E-state index contributed by atoms with van der Waals surface area (Å²) in [6, 6.07) is 34.8. The van der Waals surface area contributed by atoms with Gasteiger partial charge < -0.3 is 0 Å². The minimum absolute atomic E-state index is 0. The molecule has 140 valence electrons. The van der Waals surface area contributed by atoms with E-state index in [2.05, 4.69) is 93.6 Å². The topological polar surface area (TPSA) is 0 Å². The van der Waals surface area contributed by atoms with Gasteiger partial charge in [-0.25, -0.2) is 5.56 Å². The average Bonchev–Trinajstić information content (AvgIpc) is 2.74. The summed E-state index contributed by atoms with van der Waals surface area (Å²) < 4.78 is 0. The molecule has 0 heterocycles. The molecule has 0 aliphatic heterocycles. The van der Waals surface area contributed by atoms with Gasteiger partial charge in [-0.15, -0.1) is 23.8 Å². The van der Waals surface area contributed by atoms with Gasteiger partial charge in [0.1, 0.15) is 0 Å². The van der Waals surface area contributed by atoms with Crippen molar-refractivity contribution < 1.29 is 31.1 Å². The first-order valence-corrected chi connectivity index (χ1v) is 9.86. The van der Waals surface area contributed by atoms with E-state index in [0.717, 1.165) is 23.1 Å². The first-order valence-electron chi connectivity index (χ1n) is 9.86. The average molecular weight is 599 g/mol. The van der Waals surface area contributed by atoms with Crippen molar-refractivity contribution in [1.29, 1.82) is 0 Å². The smallest absolute Gasteiger partial charge is 0.209 e. The molecule has 0 saturated heterocycles. The molecule has 0 radical (unpaired) electrons. The third-order valence-corrected chi connectivity index (χ3v) is 5.26. The first kappa shape index (κ1) is 21.6. The second-order valence-corrected chi connectivity index (χ2v) is 7.30. The van der Waals surface area contributed by atoms with Crippen molar-refractivity contribution in [2.24, 2.45) is 0 Å². The molecule has 0 aromatic heterocycles. The van der Waals surface area contributed by atoms with Gasteiger partial charge in [0.15, 0.2) is 0 Å². The monoisotopic (exact) mass is 598 g/mol. The fourth-order valence-electron chi connectivity index (χ4n) is 3.79. The Morgan fingerprint density at radius 1 is 0.724 bits per heavy atom. The maximum Gasteiger partial charge on any atom is 2.00 e. The summed E-state index contributed by atoms with van der Waals surface area (Å²) in [5, 5.41) is 0. The zero-order valence-corrected chi connectivity index (χ0v) is 21.4. The zero-order chi connectivity index (χ0) is 19.5. The van der Waals surface area contributed by atoms with Crippen molar-refractivity contribution in [1.82, 2.24) is 0 Å². The van der Waals surface area contributed by atoms with Gasteiger partial charge in [-0.05, 0) is 42.5 Å². The number of aryl methyl sites for hydroxylation is 3. The van der Waals surface area contributed by atoms with Crippen LogP contribution >= 0.6 is 0 Å². The molecule has 0 fully saturated rings. The van der Waals surface area contributed by atoms with Gasteiger partial charge in [0.05, 0.1) is 0 Å². The van der Waals surface area contributed by atoms with E-state index >= 15 is 0 Å². The molecule has 0 aliphatic rings. The maximum absolute atomic E-state index is 3.58. The fourth-order valence-corrected chi connectivity index (χ4v) is 3.79. The van der Waals surface area contributed by atoms with Gasteiger partial charge in [-0.1, -0.05) is 54.4 Å². The Labute approximate surface area is 198 Å². The number of hydrogen-bond donors (Lipinski definition) is 0. The minimum Gasteiger partial charge on any atom is -0.209 e. The Kier molecular flexibility index (Phi) is 7.18. The van der Waals surface area contributed by atoms with E-state index in [1.54, 1.807) is 0 Å². The third-order valence-electron chi connectivity index (χ3n) is 5.26. The van der Waals surface area contributed by atoms with Gasteiger partial charge >= 0.3 is 31.1 Å². The molecule has 0 aliphatic carbocycles. The summed E-state index contributed by atoms with van der Waals surface area (Å²) >= 11 is 0. The minimum atomic E-state index is 0. The van der Waals surface area contributed by atoms with Crippen molar-refractivity contribution in [3.8, 4) is 33.4 Å². The molecule has 0 saturated carbocycles. The number of hydrogen-bond acceptors (Lipinski definition) is 0. The predicted octanol–water partition coefficient (Wildman–Crippen LogP) is 7.47. The number of benzene rings is 4. The largest absolute Gasteiger partial charge is 2.00 e. The Bertz CT molecular complexity index is 1110. The van der Waals surface area contributed by atoms with Crippen molar-refractivity contribution in [2.75, 3.05) is 0 Å². The summed E-state index contributed by atoms with van der Waals surface area (Å²) in [5.74, 6) is 0. The molecule has 0 nitrogen and oxygen atoms in total. The first-order chi connectivity index (χ1) is 13.7. The van der Waals surface area contributed by atoms with Crippen LogP contribution in [0.5, 0.6) is 0 Å². The van der Waals surface area contributed by atoms with Crippen LogP contribution in [0.4, 0.5) is 0 Å². The second-order valence-electron chi connectivity index (χ2n) is 7.30. The summed E-state index contributed by atoms with van der Waals surface area (Å²) in [6.45, 7) is 6.57. The SMILES string of the molecule is CCc1cc(-c2[c-]c(-c3[c-]cccc3)ccc2)ccc1-c1ccc(C)cc1C.[U+2]. The van der Waals surface area contributed by atoms with Crippen LogP contribution < -0.4 is 0 Å². The van der Waals surface area contributed by atoms with Crippen LogP contribution in [-0.4, -0.2) is 0 Å². The zero-order valence-electron chi connectivity index (χ0n) is 17.2. The van der Waals surface area contributed by atoms with Crippen LogP contribution in [-0.2, 0) is 6.42 Å². The Balaban J connectivity index is 0.00000240. The molecule has 0 bridgehead atoms. The summed E-state index contributed by atoms with van der Waals surface area (Å²) in [5.41, 5.74) is 11.1. The van der Waals surface area contributed by atoms with Crippen LogP contribution in [0.25, 0.3) is 33.4 Å². The van der Waals surface area contributed by atoms with E-state index in [4.69, 9.17) is 0 Å². The van der Waals surface area contributed by atoms with E-state index in [-0.39, 0.29) is 31.1 Å². The van der Waals surface area contributed by atoms with Gasteiger partial charge in [0.2, 0.25) is 0 Å². The molecular formula is C28H24U. The Hall–Kier alpha value is -2.07. The van der Waals surface area contributed by atoms with Crippen LogP contribution in [0.1, 0.15) is 23.6 Å². The van der Waals surface area contributed by atoms with Crippen molar-refractivity contribution >= 4 is 0 Å². The van der Waals surface area contributed by atoms with Crippen LogP contribution in [0.15, 0.2) is 78.9 Å². The van der Waals surface area contributed by atoms with E-state index in [1.165, 1.54) is 33.4 Å². The molecule has 29 heavy (non-hydrogen) atoms. The molecule has 0 spiro atoms. The third kappa shape index (κ3) is 4.75. The predicted molar refractivity (Wildman–Crippen MR) is 119 cm³/mol. The van der Waals surface area contributed by atoms with Crippen LogP contribution in [0.2, 0.25) is 0 Å². The molecule has 0 amide bonds. The van der Waals surface area contributed by atoms with Gasteiger partial charge in [-0.3, -0.25) is 0 Å². The Morgan fingerprint density at radius 3 is 2.21 bits per heavy atom. The van der Waals surface area contributed by atoms with Gasteiger partial charge in [0.25, 0.3) is 0 Å². The summed E-state index contributed by atoms with van der Waals surface area (Å²) in [4.78, 5) is 0. The molecule has 0 atom stereocenters. The quantitative estimate of drug-likeness (QED) is 0.214. The van der Waals surface area contributed by atoms with Gasteiger partial charge in [-0.2, -0.15) is 42.0 Å². The van der Waals surface area contributed by atoms with Gasteiger partial charge in [0, 0.05) is 0 Å². The standard InChI is InChI=1S/C28H24.U/c1-4-22-18-26(14-16-28(22)27-15-13-20(2)17-21(27)3)25-12-8-11-24(19-25)23-9-6-5-7-10-23;/h5-9,11-18H,4H2,1-3H3;/q-2;+2. The van der Waals surface area contributed by atoms with Crippen molar-refractivity contribution in [3.05, 3.63) is 108 Å². The molecule has 1 heteroatoms. The molecule has 4 aromatic carbocycles. The van der Waals surface area contributed by atoms with Crippen LogP contribution in [0.3, 0.4) is 0 Å².